The Bertz CT molecular complexity index is 520. The van der Waals surface area contributed by atoms with E-state index >= 15 is 0 Å². The molecule has 1 aromatic carbocycles. The van der Waals surface area contributed by atoms with Gasteiger partial charge in [0, 0.05) is 24.3 Å². The summed E-state index contributed by atoms with van der Waals surface area (Å²) in [7, 11) is -2.99. The largest absolute Gasteiger partial charge is 0.269 e. The molecule has 0 aromatic heterocycles. The fourth-order valence-electron chi connectivity index (χ4n) is 1.84. The summed E-state index contributed by atoms with van der Waals surface area (Å²) >= 11 is 0. The Balaban J connectivity index is 2.17. The van der Waals surface area contributed by atoms with Gasteiger partial charge in [-0.05, 0) is 12.0 Å². The summed E-state index contributed by atoms with van der Waals surface area (Å²) in [6.45, 7) is 0. The quantitative estimate of drug-likeness (QED) is 0.593. The Morgan fingerprint density at radius 2 is 1.88 bits per heavy atom. The Morgan fingerprint density at radius 1 is 1.31 bits per heavy atom. The number of nitro groups is 1. The Morgan fingerprint density at radius 3 is 2.25 bits per heavy atom. The van der Waals surface area contributed by atoms with Crippen LogP contribution in [0, 0.1) is 10.1 Å². The second-order valence-corrected chi connectivity index (χ2v) is 6.32. The Kier molecular flexibility index (Phi) is 2.46. The lowest BCUT2D eigenvalue weighted by Crippen LogP contribution is -2.05. The molecule has 0 N–H and O–H groups in total. The van der Waals surface area contributed by atoms with Gasteiger partial charge in [0.15, 0.2) is 9.84 Å². The van der Waals surface area contributed by atoms with Gasteiger partial charge in [0.25, 0.3) is 5.69 Å². The maximum absolute atomic E-state index is 11.2. The lowest BCUT2D eigenvalue weighted by atomic mass is 10.1. The van der Waals surface area contributed by atoms with Crippen molar-refractivity contribution < 1.29 is 13.3 Å². The molecule has 0 heterocycles. The number of sulfone groups is 1. The van der Waals surface area contributed by atoms with E-state index in [0.29, 0.717) is 6.42 Å². The third-order valence-electron chi connectivity index (χ3n) is 2.81. The highest BCUT2D eigenvalue weighted by Crippen LogP contribution is 2.45. The fraction of sp³-hybridized carbons (Fsp3) is 0.400. The summed E-state index contributed by atoms with van der Waals surface area (Å²) in [5.74, 6) is 0.0100. The minimum Gasteiger partial charge on any atom is -0.258 e. The first-order valence-corrected chi connectivity index (χ1v) is 6.78. The van der Waals surface area contributed by atoms with E-state index in [9.17, 15) is 18.5 Å². The minimum atomic E-state index is -2.99. The molecular formula is C10H11NO4S. The van der Waals surface area contributed by atoms with Crippen LogP contribution < -0.4 is 0 Å². The summed E-state index contributed by atoms with van der Waals surface area (Å²) in [4.78, 5) is 9.96. The fourth-order valence-corrected chi connectivity index (χ4v) is 3.15. The molecule has 1 fully saturated rings. The van der Waals surface area contributed by atoms with Crippen LogP contribution in [0.2, 0.25) is 0 Å². The molecule has 0 saturated heterocycles. The van der Waals surface area contributed by atoms with E-state index in [4.69, 9.17) is 0 Å². The molecule has 0 radical (unpaired) electrons. The molecule has 1 saturated carbocycles. The summed E-state index contributed by atoms with van der Waals surface area (Å²) in [6, 6.07) is 6.09. The van der Waals surface area contributed by atoms with Crippen molar-refractivity contribution in [3.8, 4) is 0 Å². The first-order valence-electron chi connectivity index (χ1n) is 4.83. The van der Waals surface area contributed by atoms with Gasteiger partial charge in [-0.1, -0.05) is 12.1 Å². The first-order chi connectivity index (χ1) is 7.39. The van der Waals surface area contributed by atoms with Crippen molar-refractivity contribution >= 4 is 15.5 Å². The number of rotatable bonds is 3. The van der Waals surface area contributed by atoms with E-state index in [-0.39, 0.29) is 16.9 Å². The number of non-ortho nitro benzene ring substituents is 1. The van der Waals surface area contributed by atoms with Crippen molar-refractivity contribution in [1.29, 1.82) is 0 Å². The average Bonchev–Trinajstić information content (AvgIpc) is 2.96. The van der Waals surface area contributed by atoms with Gasteiger partial charge in [0.1, 0.15) is 0 Å². The Labute approximate surface area is 93.2 Å². The second-order valence-electron chi connectivity index (χ2n) is 4.06. The van der Waals surface area contributed by atoms with Crippen molar-refractivity contribution in [2.24, 2.45) is 0 Å². The predicted molar refractivity (Wildman–Crippen MR) is 59.1 cm³/mol. The summed E-state index contributed by atoms with van der Waals surface area (Å²) in [6.07, 6.45) is 1.85. The monoisotopic (exact) mass is 241 g/mol. The van der Waals surface area contributed by atoms with Crippen LogP contribution >= 0.6 is 0 Å². The molecule has 86 valence electrons. The van der Waals surface area contributed by atoms with Crippen LogP contribution in [0.4, 0.5) is 5.69 Å². The van der Waals surface area contributed by atoms with Gasteiger partial charge >= 0.3 is 0 Å². The molecule has 6 heteroatoms. The van der Waals surface area contributed by atoms with Crippen LogP contribution in [0.25, 0.3) is 0 Å². The van der Waals surface area contributed by atoms with Crippen LogP contribution in [0.15, 0.2) is 24.3 Å². The van der Waals surface area contributed by atoms with Gasteiger partial charge < -0.3 is 0 Å². The number of hydrogen-bond donors (Lipinski definition) is 0. The molecule has 16 heavy (non-hydrogen) atoms. The molecule has 1 aromatic rings. The number of nitrogens with zero attached hydrogens (tertiary/aromatic N) is 1. The summed E-state index contributed by atoms with van der Waals surface area (Å²) in [5, 5.41) is 10.1. The van der Waals surface area contributed by atoms with Gasteiger partial charge in [-0.25, -0.2) is 8.42 Å². The van der Waals surface area contributed by atoms with Crippen LogP contribution in [0.1, 0.15) is 17.9 Å². The molecular weight excluding hydrogens is 230 g/mol. The smallest absolute Gasteiger partial charge is 0.258 e. The van der Waals surface area contributed by atoms with Crippen LogP contribution in [0.5, 0.6) is 0 Å². The molecule has 1 aliphatic rings. The summed E-state index contributed by atoms with van der Waals surface area (Å²) < 4.78 is 22.5. The second kappa shape index (κ2) is 3.55. The zero-order valence-corrected chi connectivity index (χ0v) is 9.48. The maximum atomic E-state index is 11.2. The van der Waals surface area contributed by atoms with Crippen LogP contribution in [0.3, 0.4) is 0 Å². The predicted octanol–water partition coefficient (Wildman–Crippen LogP) is 1.50. The number of benzene rings is 1. The van der Waals surface area contributed by atoms with Gasteiger partial charge in [-0.15, -0.1) is 0 Å². The molecule has 0 unspecified atom stereocenters. The Hall–Kier alpha value is -1.43. The van der Waals surface area contributed by atoms with Crippen LogP contribution in [-0.2, 0) is 9.84 Å². The van der Waals surface area contributed by atoms with Crippen molar-refractivity contribution in [3.05, 3.63) is 39.9 Å². The third kappa shape index (κ3) is 2.06. The molecule has 0 amide bonds. The van der Waals surface area contributed by atoms with E-state index in [1.54, 1.807) is 12.1 Å². The lowest BCUT2D eigenvalue weighted by Gasteiger charge is -1.99. The first kappa shape index (κ1) is 11.1. The standard InChI is InChI=1S/C10H11NO4S/c1-16(14,15)10-6-9(10)7-2-4-8(5-3-7)11(12)13/h2-5,9-10H,6H2,1H3/t9-,10-/m0/s1. The van der Waals surface area contributed by atoms with Crippen molar-refractivity contribution in [2.45, 2.75) is 17.6 Å². The molecule has 0 spiro atoms. The SMILES string of the molecule is CS(=O)(=O)[C@H]1C[C@H]1c1ccc([N+](=O)[O-])cc1. The average molecular weight is 241 g/mol. The molecule has 1 aliphatic carbocycles. The minimum absolute atomic E-state index is 0.0100. The number of nitro benzene ring substituents is 1. The maximum Gasteiger partial charge on any atom is 0.269 e. The van der Waals surface area contributed by atoms with E-state index in [1.165, 1.54) is 18.4 Å². The van der Waals surface area contributed by atoms with E-state index in [0.717, 1.165) is 5.56 Å². The molecule has 0 aliphatic heterocycles. The topological polar surface area (TPSA) is 77.3 Å². The lowest BCUT2D eigenvalue weighted by molar-refractivity contribution is -0.384. The van der Waals surface area contributed by atoms with E-state index in [1.807, 2.05) is 0 Å². The highest BCUT2D eigenvalue weighted by Gasteiger charge is 2.45. The van der Waals surface area contributed by atoms with Crippen molar-refractivity contribution in [3.63, 3.8) is 0 Å². The highest BCUT2D eigenvalue weighted by atomic mass is 32.2. The van der Waals surface area contributed by atoms with E-state index < -0.39 is 14.8 Å². The normalized spacial score (nSPS) is 24.1. The zero-order valence-electron chi connectivity index (χ0n) is 8.66. The summed E-state index contributed by atoms with van der Waals surface area (Å²) in [5.41, 5.74) is 0.890. The van der Waals surface area contributed by atoms with Crippen molar-refractivity contribution in [1.82, 2.24) is 0 Å². The van der Waals surface area contributed by atoms with Gasteiger partial charge in [-0.3, -0.25) is 10.1 Å². The van der Waals surface area contributed by atoms with E-state index in [2.05, 4.69) is 0 Å². The molecule has 2 rings (SSSR count). The highest BCUT2D eigenvalue weighted by molar-refractivity contribution is 7.91. The van der Waals surface area contributed by atoms with Crippen molar-refractivity contribution in [2.75, 3.05) is 6.26 Å². The third-order valence-corrected chi connectivity index (χ3v) is 4.43. The van der Waals surface area contributed by atoms with Gasteiger partial charge in [-0.2, -0.15) is 0 Å². The zero-order chi connectivity index (χ0) is 11.9. The number of hydrogen-bond acceptors (Lipinski definition) is 4. The molecule has 0 bridgehead atoms. The van der Waals surface area contributed by atoms with Crippen LogP contribution in [-0.4, -0.2) is 24.8 Å². The van der Waals surface area contributed by atoms with Gasteiger partial charge in [0.2, 0.25) is 0 Å². The molecule has 5 nitrogen and oxygen atoms in total. The molecule has 2 atom stereocenters. The van der Waals surface area contributed by atoms with Gasteiger partial charge in [0.05, 0.1) is 10.2 Å².